The number of aromatic nitrogens is 2. The second kappa shape index (κ2) is 8.54. The van der Waals surface area contributed by atoms with E-state index in [1.54, 1.807) is 50.4 Å². The molecule has 0 aliphatic rings. The van der Waals surface area contributed by atoms with Gasteiger partial charge in [-0.15, -0.1) is 0 Å². The van der Waals surface area contributed by atoms with Gasteiger partial charge in [0.15, 0.2) is 11.3 Å². The van der Waals surface area contributed by atoms with Crippen molar-refractivity contribution in [1.29, 1.82) is 0 Å². The van der Waals surface area contributed by atoms with E-state index in [9.17, 15) is 9.59 Å². The zero-order valence-electron chi connectivity index (χ0n) is 19.1. The van der Waals surface area contributed by atoms with Crippen molar-refractivity contribution in [2.24, 2.45) is 0 Å². The number of nitrogens with zero attached hydrogens (tertiary/aromatic N) is 2. The molecule has 0 saturated carbocycles. The first-order chi connectivity index (χ1) is 15.7. The minimum Gasteiger partial charge on any atom is -0.497 e. The van der Waals surface area contributed by atoms with Crippen molar-refractivity contribution in [2.45, 2.75) is 39.5 Å². The van der Waals surface area contributed by atoms with Gasteiger partial charge in [0.1, 0.15) is 11.3 Å². The van der Waals surface area contributed by atoms with Crippen molar-refractivity contribution in [3.63, 3.8) is 0 Å². The molecule has 0 aliphatic carbocycles. The summed E-state index contributed by atoms with van der Waals surface area (Å²) in [7, 11) is 1.58. The predicted molar refractivity (Wildman–Crippen MR) is 122 cm³/mol. The molecule has 0 atom stereocenters. The van der Waals surface area contributed by atoms with Crippen LogP contribution in [0.15, 0.2) is 56.2 Å². The van der Waals surface area contributed by atoms with Gasteiger partial charge in [-0.2, -0.15) is 4.98 Å². The van der Waals surface area contributed by atoms with E-state index in [-0.39, 0.29) is 34.6 Å². The van der Waals surface area contributed by atoms with Crippen molar-refractivity contribution < 1.29 is 23.2 Å². The van der Waals surface area contributed by atoms with Crippen LogP contribution in [0.1, 0.15) is 39.7 Å². The fraction of sp³-hybridized carbons (Fsp3) is 0.280. The maximum Gasteiger partial charge on any atom is 0.349 e. The Labute approximate surface area is 190 Å². The number of rotatable bonds is 5. The highest BCUT2D eigenvalue weighted by Gasteiger charge is 2.22. The van der Waals surface area contributed by atoms with E-state index in [1.807, 2.05) is 26.8 Å². The smallest absolute Gasteiger partial charge is 0.349 e. The Hall–Kier alpha value is -3.94. The Kier molecular flexibility index (Phi) is 5.76. The zero-order chi connectivity index (χ0) is 23.8. The summed E-state index contributed by atoms with van der Waals surface area (Å²) >= 11 is 0. The first kappa shape index (κ1) is 22.3. The Bertz CT molecular complexity index is 1380. The van der Waals surface area contributed by atoms with Gasteiger partial charge in [-0.05, 0) is 53.4 Å². The number of ether oxygens (including phenoxy) is 2. The molecule has 2 aromatic heterocycles. The van der Waals surface area contributed by atoms with Gasteiger partial charge in [0, 0.05) is 17.4 Å². The molecule has 8 nitrogen and oxygen atoms in total. The molecule has 0 fully saturated rings. The lowest BCUT2D eigenvalue weighted by molar-refractivity contribution is -0.133. The maximum atomic E-state index is 12.8. The lowest BCUT2D eigenvalue weighted by Gasteiger charge is -2.20. The van der Waals surface area contributed by atoms with Crippen LogP contribution in [0, 0.1) is 0 Å². The molecule has 8 heteroatoms. The van der Waals surface area contributed by atoms with Crippen LogP contribution in [0.25, 0.3) is 33.8 Å². The van der Waals surface area contributed by atoms with E-state index in [0.29, 0.717) is 22.5 Å². The number of benzene rings is 2. The Morgan fingerprint density at radius 1 is 1.09 bits per heavy atom. The summed E-state index contributed by atoms with van der Waals surface area (Å²) in [6, 6.07) is 12.4. The molecule has 0 bridgehead atoms. The molecular weight excluding hydrogens is 424 g/mol. The summed E-state index contributed by atoms with van der Waals surface area (Å²) in [6.07, 6.45) is 0.194. The monoisotopic (exact) mass is 448 g/mol. The highest BCUT2D eigenvalue weighted by atomic mass is 16.5. The van der Waals surface area contributed by atoms with Gasteiger partial charge in [0.25, 0.3) is 5.89 Å². The number of carbonyl (C=O) groups excluding carboxylic acids is 1. The molecule has 0 spiro atoms. The van der Waals surface area contributed by atoms with E-state index in [4.69, 9.17) is 18.4 Å². The average molecular weight is 448 g/mol. The molecule has 4 aromatic rings. The molecule has 0 saturated heterocycles. The molecule has 170 valence electrons. The Morgan fingerprint density at radius 3 is 2.45 bits per heavy atom. The molecule has 2 aromatic carbocycles. The average Bonchev–Trinajstić information content (AvgIpc) is 3.28. The van der Waals surface area contributed by atoms with Crippen molar-refractivity contribution in [3.05, 3.63) is 58.4 Å². The lowest BCUT2D eigenvalue weighted by atomic mass is 9.86. The molecule has 0 aliphatic heterocycles. The van der Waals surface area contributed by atoms with Crippen LogP contribution in [0.4, 0.5) is 0 Å². The number of fused-ring (bicyclic) bond motifs is 1. The Morgan fingerprint density at radius 2 is 1.82 bits per heavy atom. The number of hydrogen-bond acceptors (Lipinski definition) is 8. The van der Waals surface area contributed by atoms with E-state index < -0.39 is 11.6 Å². The predicted octanol–water partition coefficient (Wildman–Crippen LogP) is 5.13. The van der Waals surface area contributed by atoms with Gasteiger partial charge >= 0.3 is 11.6 Å². The number of carbonyl (C=O) groups is 1. The number of hydrogen-bond donors (Lipinski definition) is 0. The highest BCUT2D eigenvalue weighted by molar-refractivity contribution is 5.88. The van der Waals surface area contributed by atoms with Gasteiger partial charge in [0.05, 0.1) is 7.11 Å². The first-order valence-electron chi connectivity index (χ1n) is 10.5. The van der Waals surface area contributed by atoms with Gasteiger partial charge in [-0.3, -0.25) is 4.79 Å². The molecule has 33 heavy (non-hydrogen) atoms. The quantitative estimate of drug-likeness (QED) is 0.235. The van der Waals surface area contributed by atoms with Crippen LogP contribution < -0.4 is 15.1 Å². The van der Waals surface area contributed by atoms with Gasteiger partial charge in [-0.25, -0.2) is 4.79 Å². The summed E-state index contributed by atoms with van der Waals surface area (Å²) in [5.74, 6) is 0.845. The van der Waals surface area contributed by atoms with E-state index in [1.165, 1.54) is 0 Å². The van der Waals surface area contributed by atoms with Crippen LogP contribution in [0.2, 0.25) is 0 Å². The van der Waals surface area contributed by atoms with Crippen LogP contribution >= 0.6 is 0 Å². The third-order valence-electron chi connectivity index (χ3n) is 5.18. The zero-order valence-corrected chi connectivity index (χ0v) is 19.1. The summed E-state index contributed by atoms with van der Waals surface area (Å²) in [6.45, 7) is 7.82. The van der Waals surface area contributed by atoms with Crippen LogP contribution in [0.3, 0.4) is 0 Å². The van der Waals surface area contributed by atoms with Gasteiger partial charge in [0.2, 0.25) is 5.82 Å². The van der Waals surface area contributed by atoms with E-state index in [0.717, 1.165) is 5.56 Å². The summed E-state index contributed by atoms with van der Waals surface area (Å²) in [5.41, 5.74) is 1.02. The van der Waals surface area contributed by atoms with E-state index in [2.05, 4.69) is 10.1 Å². The van der Waals surface area contributed by atoms with Crippen LogP contribution in [0.5, 0.6) is 11.5 Å². The van der Waals surface area contributed by atoms with Gasteiger partial charge in [-0.1, -0.05) is 32.9 Å². The molecule has 0 N–H and O–H groups in total. The van der Waals surface area contributed by atoms with Crippen molar-refractivity contribution in [2.75, 3.05) is 7.11 Å². The molecule has 0 amide bonds. The van der Waals surface area contributed by atoms with Crippen molar-refractivity contribution >= 4 is 16.9 Å². The summed E-state index contributed by atoms with van der Waals surface area (Å²) in [5, 5.41) is 4.57. The molecule has 4 rings (SSSR count). The van der Waals surface area contributed by atoms with Crippen molar-refractivity contribution in [1.82, 2.24) is 10.1 Å². The minimum atomic E-state index is -0.676. The van der Waals surface area contributed by atoms with Crippen LogP contribution in [-0.4, -0.2) is 23.2 Å². The maximum absolute atomic E-state index is 12.8. The van der Waals surface area contributed by atoms with Crippen molar-refractivity contribution in [3.8, 4) is 34.3 Å². The highest BCUT2D eigenvalue weighted by Crippen LogP contribution is 2.34. The SMILES string of the molecule is CCC(=O)Oc1cc(C(C)(C)C)cc2cc(-c3nc(-c4ccc(OC)cc4)no3)c(=O)oc12. The van der Waals surface area contributed by atoms with Gasteiger partial charge < -0.3 is 18.4 Å². The standard InChI is InChI=1S/C25H24N2O6/c1-6-20(28)31-19-13-16(25(2,3)4)11-15-12-18(24(29)32-21(15)19)23-26-22(27-33-23)14-7-9-17(30-5)10-8-14/h7-13H,6H2,1-5H3. The second-order valence-electron chi connectivity index (χ2n) is 8.57. The minimum absolute atomic E-state index is 0.0322. The number of methoxy groups -OCH3 is 1. The summed E-state index contributed by atoms with van der Waals surface area (Å²) in [4.78, 5) is 29.1. The number of esters is 1. The Balaban J connectivity index is 1.82. The van der Waals surface area contributed by atoms with E-state index >= 15 is 0 Å². The summed E-state index contributed by atoms with van der Waals surface area (Å²) < 4.78 is 21.5. The molecule has 0 radical (unpaired) electrons. The largest absolute Gasteiger partial charge is 0.497 e. The third-order valence-corrected chi connectivity index (χ3v) is 5.18. The fourth-order valence-corrected chi connectivity index (χ4v) is 3.25. The topological polar surface area (TPSA) is 105 Å². The van der Waals surface area contributed by atoms with Crippen LogP contribution in [-0.2, 0) is 10.2 Å². The molecular formula is C25H24N2O6. The first-order valence-corrected chi connectivity index (χ1v) is 10.5. The lowest BCUT2D eigenvalue weighted by Crippen LogP contribution is -2.13. The fourth-order valence-electron chi connectivity index (χ4n) is 3.25. The normalized spacial score (nSPS) is 11.5. The molecule has 0 unspecified atom stereocenters. The second-order valence-corrected chi connectivity index (χ2v) is 8.57. The third kappa shape index (κ3) is 4.50. The molecule has 2 heterocycles.